The van der Waals surface area contributed by atoms with Crippen LogP contribution in [0.15, 0.2) is 12.7 Å². The Morgan fingerprint density at radius 2 is 1.90 bits per heavy atom. The van der Waals surface area contributed by atoms with Gasteiger partial charge in [0.2, 0.25) is 5.91 Å². The van der Waals surface area contributed by atoms with Crippen molar-refractivity contribution in [3.05, 3.63) is 12.7 Å². The van der Waals surface area contributed by atoms with Gasteiger partial charge in [-0.1, -0.05) is 12.8 Å². The number of hydrogen-bond donors (Lipinski definition) is 1. The van der Waals surface area contributed by atoms with Crippen LogP contribution < -0.4 is 5.73 Å². The van der Waals surface area contributed by atoms with E-state index in [1.807, 2.05) is 9.58 Å². The Hall–Kier alpha value is -1.43. The highest BCUT2D eigenvalue weighted by Crippen LogP contribution is 2.25. The van der Waals surface area contributed by atoms with Crippen LogP contribution in [0.25, 0.3) is 0 Å². The molecule has 6 nitrogen and oxygen atoms in total. The van der Waals surface area contributed by atoms with Crippen LogP contribution >= 0.6 is 0 Å². The molecule has 0 bridgehead atoms. The van der Waals surface area contributed by atoms with Crippen LogP contribution in [0.5, 0.6) is 0 Å². The molecule has 1 aliphatic carbocycles. The molecule has 0 spiro atoms. The van der Waals surface area contributed by atoms with E-state index in [9.17, 15) is 4.79 Å². The summed E-state index contributed by atoms with van der Waals surface area (Å²) >= 11 is 0. The van der Waals surface area contributed by atoms with Crippen molar-refractivity contribution in [1.29, 1.82) is 0 Å². The predicted octanol–water partition coefficient (Wildman–Crippen LogP) is 1.04. The molecule has 1 amide bonds. The van der Waals surface area contributed by atoms with Crippen LogP contribution in [0.3, 0.4) is 0 Å². The fourth-order valence-corrected chi connectivity index (χ4v) is 2.88. The highest BCUT2D eigenvalue weighted by molar-refractivity contribution is 5.78. The lowest BCUT2D eigenvalue weighted by Gasteiger charge is -2.12. The molecule has 0 atom stereocenters. The summed E-state index contributed by atoms with van der Waals surface area (Å²) in [6.45, 7) is 3.06. The summed E-state index contributed by atoms with van der Waals surface area (Å²) in [7, 11) is 0. The second kappa shape index (κ2) is 7.99. The molecule has 1 saturated heterocycles. The molecular weight excluding hydrogens is 254 g/mol. The number of amides is 1. The van der Waals surface area contributed by atoms with Crippen molar-refractivity contribution in [2.24, 2.45) is 11.7 Å². The molecule has 2 N–H and O–H groups in total. The summed E-state index contributed by atoms with van der Waals surface area (Å²) in [6, 6.07) is 0. The van der Waals surface area contributed by atoms with Crippen molar-refractivity contribution < 1.29 is 4.79 Å². The zero-order valence-corrected chi connectivity index (χ0v) is 12.1. The molecule has 2 heterocycles. The Labute approximate surface area is 120 Å². The van der Waals surface area contributed by atoms with E-state index in [0.29, 0.717) is 0 Å². The van der Waals surface area contributed by atoms with Crippen molar-refractivity contribution >= 4 is 5.91 Å². The monoisotopic (exact) mass is 279 g/mol. The molecule has 0 radical (unpaired) electrons. The molecule has 1 aliphatic heterocycles. The number of carbonyl (C=O) groups is 1. The molecular formula is C14H25N5O. The number of rotatable bonds is 3. The van der Waals surface area contributed by atoms with Gasteiger partial charge in [-0.3, -0.25) is 9.48 Å². The highest BCUT2D eigenvalue weighted by Gasteiger charge is 2.15. The van der Waals surface area contributed by atoms with E-state index >= 15 is 0 Å². The molecule has 0 aromatic carbocycles. The van der Waals surface area contributed by atoms with Gasteiger partial charge in [0, 0.05) is 19.6 Å². The first-order chi connectivity index (χ1) is 9.79. The molecule has 1 aromatic rings. The normalized spacial score (nSPS) is 18.9. The quantitative estimate of drug-likeness (QED) is 0.896. The lowest BCUT2D eigenvalue weighted by Crippen LogP contribution is -2.33. The standard InChI is InChI=1S/C8H13N3.C6H12N2O/c1-2-4-8(3-1)5-11-7-9-6-10-11;7-5-6(9)8-3-1-2-4-8/h6-8H,1-5H2;1-5,7H2. The third-order valence-electron chi connectivity index (χ3n) is 4.02. The van der Waals surface area contributed by atoms with Crippen LogP contribution in [0.4, 0.5) is 0 Å². The molecule has 2 aliphatic rings. The molecule has 112 valence electrons. The number of hydrogen-bond acceptors (Lipinski definition) is 4. The Balaban J connectivity index is 0.000000151. The molecule has 0 unspecified atom stereocenters. The topological polar surface area (TPSA) is 77.0 Å². The average molecular weight is 279 g/mol. The Bertz CT molecular complexity index is 380. The summed E-state index contributed by atoms with van der Waals surface area (Å²) in [6.07, 6.45) is 11.3. The van der Waals surface area contributed by atoms with Crippen molar-refractivity contribution in [3.8, 4) is 0 Å². The van der Waals surface area contributed by atoms with Gasteiger partial charge in [0.15, 0.2) is 0 Å². The van der Waals surface area contributed by atoms with Gasteiger partial charge < -0.3 is 10.6 Å². The SMILES string of the molecule is NCC(=O)N1CCCC1.c1ncn(CC2CCCC2)n1. The van der Waals surface area contributed by atoms with Crippen molar-refractivity contribution in [1.82, 2.24) is 19.7 Å². The molecule has 6 heteroatoms. The van der Waals surface area contributed by atoms with E-state index in [0.717, 1.165) is 38.4 Å². The maximum atomic E-state index is 10.8. The number of nitrogens with two attached hydrogens (primary N) is 1. The third-order valence-corrected chi connectivity index (χ3v) is 4.02. The second-order valence-corrected chi connectivity index (χ2v) is 5.56. The Morgan fingerprint density at radius 3 is 2.45 bits per heavy atom. The molecule has 1 aromatic heterocycles. The van der Waals surface area contributed by atoms with Crippen LogP contribution in [0.2, 0.25) is 0 Å². The van der Waals surface area contributed by atoms with Crippen LogP contribution in [-0.4, -0.2) is 45.2 Å². The van der Waals surface area contributed by atoms with E-state index in [1.54, 1.807) is 12.7 Å². The second-order valence-electron chi connectivity index (χ2n) is 5.56. The minimum atomic E-state index is 0.0903. The molecule has 2 fully saturated rings. The van der Waals surface area contributed by atoms with Gasteiger partial charge >= 0.3 is 0 Å². The molecule has 1 saturated carbocycles. The zero-order valence-electron chi connectivity index (χ0n) is 12.1. The van der Waals surface area contributed by atoms with Crippen LogP contribution in [0.1, 0.15) is 38.5 Å². The Kier molecular flexibility index (Phi) is 5.98. The minimum Gasteiger partial charge on any atom is -0.342 e. The van der Waals surface area contributed by atoms with Gasteiger partial charge in [-0.15, -0.1) is 0 Å². The third kappa shape index (κ3) is 4.59. The van der Waals surface area contributed by atoms with Crippen molar-refractivity contribution in [2.75, 3.05) is 19.6 Å². The first-order valence-corrected chi connectivity index (χ1v) is 7.60. The summed E-state index contributed by atoms with van der Waals surface area (Å²) in [5.74, 6) is 0.948. The van der Waals surface area contributed by atoms with Crippen LogP contribution in [-0.2, 0) is 11.3 Å². The van der Waals surface area contributed by atoms with Crippen molar-refractivity contribution in [3.63, 3.8) is 0 Å². The van der Waals surface area contributed by atoms with Crippen LogP contribution in [0, 0.1) is 5.92 Å². The van der Waals surface area contributed by atoms with Gasteiger partial charge in [-0.05, 0) is 31.6 Å². The number of nitrogens with zero attached hydrogens (tertiary/aromatic N) is 4. The zero-order chi connectivity index (χ0) is 14.2. The summed E-state index contributed by atoms with van der Waals surface area (Å²) in [4.78, 5) is 16.6. The van der Waals surface area contributed by atoms with Gasteiger partial charge in [-0.2, -0.15) is 5.10 Å². The maximum Gasteiger partial charge on any atom is 0.236 e. The van der Waals surface area contributed by atoms with E-state index in [2.05, 4.69) is 10.1 Å². The minimum absolute atomic E-state index is 0.0903. The molecule has 20 heavy (non-hydrogen) atoms. The number of aromatic nitrogens is 3. The molecule has 3 rings (SSSR count). The van der Waals surface area contributed by atoms with E-state index in [-0.39, 0.29) is 12.5 Å². The van der Waals surface area contributed by atoms with Gasteiger partial charge in [0.25, 0.3) is 0 Å². The van der Waals surface area contributed by atoms with Crippen molar-refractivity contribution in [2.45, 2.75) is 45.1 Å². The smallest absolute Gasteiger partial charge is 0.236 e. The lowest BCUT2D eigenvalue weighted by molar-refractivity contribution is -0.128. The Morgan fingerprint density at radius 1 is 1.20 bits per heavy atom. The fourth-order valence-electron chi connectivity index (χ4n) is 2.88. The van der Waals surface area contributed by atoms with Gasteiger partial charge in [0.05, 0.1) is 6.54 Å². The summed E-state index contributed by atoms with van der Waals surface area (Å²) in [5, 5.41) is 4.09. The van der Waals surface area contributed by atoms with E-state index < -0.39 is 0 Å². The first kappa shape index (κ1) is 15.0. The van der Waals surface area contributed by atoms with E-state index in [4.69, 9.17) is 5.73 Å². The fraction of sp³-hybridized carbons (Fsp3) is 0.786. The largest absolute Gasteiger partial charge is 0.342 e. The van der Waals surface area contributed by atoms with Gasteiger partial charge in [0.1, 0.15) is 12.7 Å². The van der Waals surface area contributed by atoms with Gasteiger partial charge in [-0.25, -0.2) is 4.98 Å². The highest BCUT2D eigenvalue weighted by atomic mass is 16.2. The summed E-state index contributed by atoms with van der Waals surface area (Å²) < 4.78 is 1.94. The lowest BCUT2D eigenvalue weighted by atomic mass is 10.1. The maximum absolute atomic E-state index is 10.8. The van der Waals surface area contributed by atoms with E-state index in [1.165, 1.54) is 25.7 Å². The predicted molar refractivity (Wildman–Crippen MR) is 76.8 cm³/mol. The average Bonchev–Trinajstić information content (AvgIpc) is 3.22. The first-order valence-electron chi connectivity index (χ1n) is 7.60. The summed E-state index contributed by atoms with van der Waals surface area (Å²) in [5.41, 5.74) is 5.16. The number of likely N-dealkylation sites (tertiary alicyclic amines) is 1. The number of carbonyl (C=O) groups excluding carboxylic acids is 1.